The average Bonchev–Trinajstić information content (AvgIpc) is 4.30. The summed E-state index contributed by atoms with van der Waals surface area (Å²) in [4.78, 5) is 2.72. The van der Waals surface area contributed by atoms with E-state index in [-0.39, 0.29) is 33.9 Å². The summed E-state index contributed by atoms with van der Waals surface area (Å²) < 4.78 is 19.5. The Labute approximate surface area is 437 Å². The van der Waals surface area contributed by atoms with Crippen LogP contribution >= 0.6 is 11.3 Å². The van der Waals surface area contributed by atoms with Gasteiger partial charge in [-0.1, -0.05) is 131 Å². The van der Waals surface area contributed by atoms with Gasteiger partial charge < -0.3 is 18.2 Å². The van der Waals surface area contributed by atoms with Crippen molar-refractivity contribution >= 4 is 126 Å². The van der Waals surface area contributed by atoms with Gasteiger partial charge >= 0.3 is 6.85 Å². The Kier molecular flexibility index (Phi) is 8.10. The van der Waals surface area contributed by atoms with E-state index in [0.717, 1.165) is 58.8 Å². The molecule has 0 amide bonds. The van der Waals surface area contributed by atoms with Crippen LogP contribution in [0.3, 0.4) is 0 Å². The van der Waals surface area contributed by atoms with E-state index in [1.807, 2.05) is 11.3 Å². The quantitative estimate of drug-likeness (QED) is 0.154. The van der Waals surface area contributed by atoms with Crippen molar-refractivity contribution in [3.8, 4) is 16.8 Å². The van der Waals surface area contributed by atoms with Gasteiger partial charge in [0.25, 0.3) is 0 Å². The molecular weight excluding hydrogens is 920 g/mol. The fourth-order valence-electron chi connectivity index (χ4n) is 14.8. The molecule has 8 aromatic carbocycles. The van der Waals surface area contributed by atoms with Crippen LogP contribution < -0.4 is 15.7 Å². The number of thiophene rings is 1. The molecule has 0 atom stereocenters. The number of hydrogen-bond donors (Lipinski definition) is 0. The number of furan rings is 2. The van der Waals surface area contributed by atoms with Crippen molar-refractivity contribution in [3.63, 3.8) is 0 Å². The second kappa shape index (κ2) is 13.7. The minimum absolute atomic E-state index is 0.00184. The molecule has 6 heterocycles. The Hall–Kier alpha value is -6.76. The van der Waals surface area contributed by atoms with Gasteiger partial charge in [0, 0.05) is 86.7 Å². The first kappa shape index (κ1) is 43.6. The van der Waals surface area contributed by atoms with E-state index >= 15 is 0 Å². The van der Waals surface area contributed by atoms with Gasteiger partial charge in [0.05, 0.1) is 11.0 Å². The topological polar surface area (TPSA) is 34.5 Å². The number of hydrogen-bond acceptors (Lipinski definition) is 4. The maximum absolute atomic E-state index is 7.23. The van der Waals surface area contributed by atoms with Gasteiger partial charge in [-0.15, -0.1) is 11.3 Å². The highest BCUT2D eigenvalue weighted by molar-refractivity contribution is 7.27. The third-order valence-electron chi connectivity index (χ3n) is 19.2. The van der Waals surface area contributed by atoms with Crippen LogP contribution in [0.4, 0.5) is 11.4 Å². The standard InChI is InChI=1S/C68H61BN2O2S/c1-64(2,3)36-20-22-37(23-21-36)71-51-31-42-40-28-45-48(68(10,11)27-25-65(45,4)5)34-55(40)73-54(42)32-44(51)60-61-62-58(59-39-17-13-15-19-57(39)74-63(59)60)43-29-46-47(67(8,9)26-24-66(46,6)7)33-50(43)70(62)52-35-56-41(30-49(52)69(61)71)38-16-12-14-18-53(38)72-56/h12-23,28-35H,24-27H2,1-11H3. The molecule has 0 fully saturated rings. The van der Waals surface area contributed by atoms with E-state index in [2.05, 4.69) is 207 Å². The molecule has 16 rings (SSSR count). The summed E-state index contributed by atoms with van der Waals surface area (Å²) >= 11 is 1.97. The van der Waals surface area contributed by atoms with Gasteiger partial charge in [-0.05, 0) is 152 Å². The van der Waals surface area contributed by atoms with Crippen molar-refractivity contribution in [1.29, 1.82) is 0 Å². The van der Waals surface area contributed by atoms with E-state index in [9.17, 15) is 0 Å². The predicted molar refractivity (Wildman–Crippen MR) is 317 cm³/mol. The lowest BCUT2D eigenvalue weighted by Gasteiger charge is -2.42. The summed E-state index contributed by atoms with van der Waals surface area (Å²) in [6, 6.07) is 47.4. The van der Waals surface area contributed by atoms with Gasteiger partial charge in [0.15, 0.2) is 0 Å². The molecule has 4 aromatic heterocycles. The first-order valence-corrected chi connectivity index (χ1v) is 28.0. The van der Waals surface area contributed by atoms with Crippen LogP contribution in [0.1, 0.15) is 130 Å². The lowest BCUT2D eigenvalue weighted by atomic mass is 9.43. The zero-order valence-electron chi connectivity index (χ0n) is 44.6. The molecule has 12 aromatic rings. The number of anilines is 2. The first-order valence-electron chi connectivity index (χ1n) is 27.2. The van der Waals surface area contributed by atoms with Crippen molar-refractivity contribution in [3.05, 3.63) is 149 Å². The zero-order chi connectivity index (χ0) is 50.5. The van der Waals surface area contributed by atoms with E-state index in [1.165, 1.54) is 120 Å². The number of benzene rings is 8. The Morgan fingerprint density at radius 2 is 1.08 bits per heavy atom. The van der Waals surface area contributed by atoms with Crippen molar-refractivity contribution in [1.82, 2.24) is 4.57 Å². The molecule has 0 saturated heterocycles. The molecule has 0 bridgehead atoms. The molecule has 4 nitrogen and oxygen atoms in total. The summed E-state index contributed by atoms with van der Waals surface area (Å²) in [6.07, 6.45) is 4.63. The Bertz CT molecular complexity index is 4540. The fraction of sp³-hybridized carbons (Fsp3) is 0.294. The van der Waals surface area contributed by atoms with Gasteiger partial charge in [-0.25, -0.2) is 0 Å². The van der Waals surface area contributed by atoms with Crippen LogP contribution in [0.5, 0.6) is 0 Å². The minimum Gasteiger partial charge on any atom is -0.456 e. The fourth-order valence-corrected chi connectivity index (χ4v) is 16.1. The number of aromatic nitrogens is 1. The molecule has 6 heteroatoms. The monoisotopic (exact) mass is 980 g/mol. The van der Waals surface area contributed by atoms with Crippen LogP contribution in [0.2, 0.25) is 0 Å². The normalized spacial score (nSPS) is 18.1. The molecule has 364 valence electrons. The van der Waals surface area contributed by atoms with Crippen LogP contribution in [0, 0.1) is 0 Å². The molecule has 0 unspecified atom stereocenters. The SMILES string of the molecule is CC(C)(C)c1ccc(N2B3c4cc5c(cc4-n4c6cc7c(cc6c6c8c(sc9ccccc98)c(c3c64)-c3cc4oc6cc8c(cc6c4cc32)C(C)(C)CCC8(C)C)C(C)(C)CCC7(C)C)oc2ccccc25)cc1. The van der Waals surface area contributed by atoms with Gasteiger partial charge in [-0.2, -0.15) is 0 Å². The van der Waals surface area contributed by atoms with Crippen molar-refractivity contribution in [2.45, 2.75) is 129 Å². The highest BCUT2D eigenvalue weighted by atomic mass is 32.1. The van der Waals surface area contributed by atoms with Crippen LogP contribution in [-0.4, -0.2) is 11.4 Å². The molecule has 4 aliphatic rings. The third kappa shape index (κ3) is 5.50. The molecule has 74 heavy (non-hydrogen) atoms. The number of nitrogens with zero attached hydrogens (tertiary/aromatic N) is 2. The minimum atomic E-state index is -0.175. The van der Waals surface area contributed by atoms with E-state index < -0.39 is 0 Å². The lowest BCUT2D eigenvalue weighted by Crippen LogP contribution is -2.60. The van der Waals surface area contributed by atoms with Crippen molar-refractivity contribution in [2.24, 2.45) is 0 Å². The molecule has 2 aliphatic heterocycles. The second-order valence-electron chi connectivity index (χ2n) is 26.5. The van der Waals surface area contributed by atoms with Crippen LogP contribution in [0.25, 0.3) is 103 Å². The average molecular weight is 981 g/mol. The summed E-state index contributed by atoms with van der Waals surface area (Å²) in [5.41, 5.74) is 22.5. The number of fused-ring (bicyclic) bond motifs is 21. The number of rotatable bonds is 1. The molecule has 2 aliphatic carbocycles. The lowest BCUT2D eigenvalue weighted by molar-refractivity contribution is 0.332. The smallest absolute Gasteiger partial charge is 0.333 e. The van der Waals surface area contributed by atoms with Gasteiger partial charge in [-0.3, -0.25) is 0 Å². The Morgan fingerprint density at radius 3 is 1.78 bits per heavy atom. The molecule has 0 saturated carbocycles. The summed E-state index contributed by atoms with van der Waals surface area (Å²) in [6.45, 7) is 26.4. The summed E-state index contributed by atoms with van der Waals surface area (Å²) in [7, 11) is 0. The molecule has 0 N–H and O–H groups in total. The maximum Gasteiger partial charge on any atom is 0.333 e. The largest absolute Gasteiger partial charge is 0.456 e. The summed E-state index contributed by atoms with van der Waals surface area (Å²) in [5.74, 6) is 0. The van der Waals surface area contributed by atoms with Gasteiger partial charge in [0.2, 0.25) is 0 Å². The molecule has 0 spiro atoms. The number of para-hydroxylation sites is 1. The molecule has 0 radical (unpaired) electrons. The maximum atomic E-state index is 7.23. The van der Waals surface area contributed by atoms with E-state index in [1.54, 1.807) is 0 Å². The zero-order valence-corrected chi connectivity index (χ0v) is 45.4. The second-order valence-corrected chi connectivity index (χ2v) is 27.6. The Balaban J connectivity index is 1.13. The summed E-state index contributed by atoms with van der Waals surface area (Å²) in [5, 5.41) is 10.1. The van der Waals surface area contributed by atoms with E-state index in [4.69, 9.17) is 8.83 Å². The third-order valence-corrected chi connectivity index (χ3v) is 20.4. The van der Waals surface area contributed by atoms with E-state index in [0.29, 0.717) is 0 Å². The highest BCUT2D eigenvalue weighted by Gasteiger charge is 2.48. The van der Waals surface area contributed by atoms with Crippen molar-refractivity contribution in [2.75, 3.05) is 4.81 Å². The Morgan fingerprint density at radius 1 is 0.514 bits per heavy atom. The highest BCUT2D eigenvalue weighted by Crippen LogP contribution is 2.57. The van der Waals surface area contributed by atoms with Gasteiger partial charge in [0.1, 0.15) is 22.3 Å². The van der Waals surface area contributed by atoms with Crippen LogP contribution in [0.15, 0.2) is 130 Å². The molecular formula is C68H61BN2O2S. The predicted octanol–water partition coefficient (Wildman–Crippen LogP) is 18.2. The van der Waals surface area contributed by atoms with Crippen LogP contribution in [-0.2, 0) is 27.1 Å². The first-order chi connectivity index (χ1) is 35.3. The van der Waals surface area contributed by atoms with Crippen molar-refractivity contribution < 1.29 is 8.83 Å².